The molecule has 0 spiro atoms. The molecule has 0 saturated heterocycles. The maximum absolute atomic E-state index is 10.8. The van der Waals surface area contributed by atoms with Crippen LogP contribution in [0.25, 0.3) is 0 Å². The third-order valence-corrected chi connectivity index (χ3v) is 2.20. The molecule has 0 saturated carbocycles. The molecule has 2 heterocycles. The van der Waals surface area contributed by atoms with Gasteiger partial charge in [0.2, 0.25) is 11.6 Å². The number of rotatable bonds is 4. The Balaban J connectivity index is 2.20. The lowest BCUT2D eigenvalue weighted by atomic mass is 10.3. The second-order valence-corrected chi connectivity index (χ2v) is 3.39. The Bertz CT molecular complexity index is 560. The van der Waals surface area contributed by atoms with E-state index in [4.69, 9.17) is 5.73 Å². The summed E-state index contributed by atoms with van der Waals surface area (Å²) in [6, 6.07) is 5.41. The number of nitrogens with two attached hydrogens (primary N) is 1. The van der Waals surface area contributed by atoms with Gasteiger partial charge in [-0.2, -0.15) is 0 Å². The number of nitrogens with zero attached hydrogens (tertiary/aromatic N) is 4. The van der Waals surface area contributed by atoms with Crippen molar-refractivity contribution in [3.63, 3.8) is 0 Å². The van der Waals surface area contributed by atoms with Gasteiger partial charge in [0, 0.05) is 6.20 Å². The topological polar surface area (TPSA) is 120 Å². The van der Waals surface area contributed by atoms with Crippen LogP contribution in [-0.4, -0.2) is 19.9 Å². The average molecular weight is 246 g/mol. The molecule has 0 fully saturated rings. The zero-order valence-corrected chi connectivity index (χ0v) is 9.28. The molecule has 2 aromatic heterocycles. The summed E-state index contributed by atoms with van der Waals surface area (Å²) in [4.78, 5) is 21.7. The Kier molecular flexibility index (Phi) is 3.28. The van der Waals surface area contributed by atoms with Gasteiger partial charge in [-0.1, -0.05) is 6.07 Å². The predicted octanol–water partition coefficient (Wildman–Crippen LogP) is 0.974. The summed E-state index contributed by atoms with van der Waals surface area (Å²) in [5.41, 5.74) is 5.86. The number of nitrogens with one attached hydrogen (secondary N) is 1. The summed E-state index contributed by atoms with van der Waals surface area (Å²) in [5.74, 6) is -0.0864. The first kappa shape index (κ1) is 11.7. The molecule has 8 heteroatoms. The van der Waals surface area contributed by atoms with Crippen molar-refractivity contribution in [2.45, 2.75) is 6.54 Å². The first-order valence-corrected chi connectivity index (χ1v) is 5.07. The molecule has 8 nitrogen and oxygen atoms in total. The van der Waals surface area contributed by atoms with Crippen LogP contribution in [0, 0.1) is 10.1 Å². The van der Waals surface area contributed by atoms with Gasteiger partial charge in [0.1, 0.15) is 6.33 Å². The average Bonchev–Trinajstić information content (AvgIpc) is 2.37. The summed E-state index contributed by atoms with van der Waals surface area (Å²) in [7, 11) is 0. The highest BCUT2D eigenvalue weighted by Crippen LogP contribution is 2.26. The van der Waals surface area contributed by atoms with Crippen molar-refractivity contribution in [1.29, 1.82) is 0 Å². The van der Waals surface area contributed by atoms with E-state index in [-0.39, 0.29) is 17.3 Å². The van der Waals surface area contributed by atoms with Gasteiger partial charge in [-0.15, -0.1) is 0 Å². The Labute approximate surface area is 102 Å². The van der Waals surface area contributed by atoms with Crippen LogP contribution in [0.15, 0.2) is 30.7 Å². The lowest BCUT2D eigenvalue weighted by Crippen LogP contribution is -2.08. The van der Waals surface area contributed by atoms with Crippen molar-refractivity contribution in [2.24, 2.45) is 0 Å². The van der Waals surface area contributed by atoms with E-state index in [2.05, 4.69) is 20.3 Å². The molecule has 92 valence electrons. The molecule has 0 aliphatic heterocycles. The standard InChI is InChI=1S/C10H10N6O2/c11-9-8(16(17)18)10(15-6-14-9)13-5-7-3-1-2-4-12-7/h1-4,6H,5H2,(H3,11,13,14,15). The molecule has 0 aliphatic rings. The number of aromatic nitrogens is 3. The van der Waals surface area contributed by atoms with E-state index in [0.717, 1.165) is 5.69 Å². The van der Waals surface area contributed by atoms with Crippen molar-refractivity contribution < 1.29 is 4.92 Å². The molecule has 0 aliphatic carbocycles. The van der Waals surface area contributed by atoms with Crippen LogP contribution < -0.4 is 11.1 Å². The summed E-state index contributed by atoms with van der Waals surface area (Å²) >= 11 is 0. The van der Waals surface area contributed by atoms with Gasteiger partial charge in [0.05, 0.1) is 17.2 Å². The maximum Gasteiger partial charge on any atom is 0.352 e. The van der Waals surface area contributed by atoms with Crippen molar-refractivity contribution in [3.8, 4) is 0 Å². The molecule has 0 aromatic carbocycles. The second-order valence-electron chi connectivity index (χ2n) is 3.39. The van der Waals surface area contributed by atoms with E-state index in [0.29, 0.717) is 6.54 Å². The van der Waals surface area contributed by atoms with Crippen LogP contribution in [0.4, 0.5) is 17.3 Å². The zero-order valence-electron chi connectivity index (χ0n) is 9.28. The Morgan fingerprint density at radius 3 is 2.83 bits per heavy atom. The first-order valence-electron chi connectivity index (χ1n) is 5.07. The highest BCUT2D eigenvalue weighted by atomic mass is 16.6. The molecular formula is C10H10N6O2. The molecule has 0 amide bonds. The number of nitrogen functional groups attached to an aromatic ring is 1. The van der Waals surface area contributed by atoms with Gasteiger partial charge in [-0.25, -0.2) is 9.97 Å². The molecular weight excluding hydrogens is 236 g/mol. The van der Waals surface area contributed by atoms with Crippen molar-refractivity contribution in [2.75, 3.05) is 11.1 Å². The number of hydrogen-bond donors (Lipinski definition) is 2. The normalized spacial score (nSPS) is 10.0. The fourth-order valence-corrected chi connectivity index (χ4v) is 1.38. The monoisotopic (exact) mass is 246 g/mol. The van der Waals surface area contributed by atoms with Crippen LogP contribution in [0.2, 0.25) is 0 Å². The second kappa shape index (κ2) is 5.04. The third-order valence-electron chi connectivity index (χ3n) is 2.20. The first-order chi connectivity index (χ1) is 8.68. The molecule has 0 unspecified atom stereocenters. The minimum absolute atomic E-state index is 0.0816. The van der Waals surface area contributed by atoms with Crippen molar-refractivity contribution >= 4 is 17.3 Å². The number of pyridine rings is 1. The molecule has 2 aromatic rings. The molecule has 0 bridgehead atoms. The summed E-state index contributed by atoms with van der Waals surface area (Å²) in [5, 5.41) is 13.7. The van der Waals surface area contributed by atoms with Gasteiger partial charge < -0.3 is 11.1 Å². The van der Waals surface area contributed by atoms with E-state index < -0.39 is 4.92 Å². The van der Waals surface area contributed by atoms with Gasteiger partial charge in [-0.05, 0) is 12.1 Å². The summed E-state index contributed by atoms with van der Waals surface area (Å²) in [6.07, 6.45) is 2.81. The molecule has 18 heavy (non-hydrogen) atoms. The van der Waals surface area contributed by atoms with E-state index in [1.807, 2.05) is 6.07 Å². The lowest BCUT2D eigenvalue weighted by Gasteiger charge is -2.06. The van der Waals surface area contributed by atoms with Gasteiger partial charge in [0.25, 0.3) is 0 Å². The highest BCUT2D eigenvalue weighted by Gasteiger charge is 2.20. The predicted molar refractivity (Wildman–Crippen MR) is 64.7 cm³/mol. The minimum atomic E-state index is -0.615. The quantitative estimate of drug-likeness (QED) is 0.609. The Morgan fingerprint density at radius 2 is 2.17 bits per heavy atom. The smallest absolute Gasteiger partial charge is 0.352 e. The lowest BCUT2D eigenvalue weighted by molar-refractivity contribution is -0.383. The van der Waals surface area contributed by atoms with Gasteiger partial charge in [0.15, 0.2) is 0 Å². The molecule has 2 rings (SSSR count). The largest absolute Gasteiger partial charge is 0.378 e. The SMILES string of the molecule is Nc1ncnc(NCc2ccccn2)c1[N+](=O)[O-]. The minimum Gasteiger partial charge on any atom is -0.378 e. The molecule has 0 radical (unpaired) electrons. The van der Waals surface area contributed by atoms with Crippen LogP contribution >= 0.6 is 0 Å². The van der Waals surface area contributed by atoms with E-state index in [1.165, 1.54) is 6.33 Å². The van der Waals surface area contributed by atoms with Crippen LogP contribution in [-0.2, 0) is 6.54 Å². The van der Waals surface area contributed by atoms with Crippen LogP contribution in [0.1, 0.15) is 5.69 Å². The third kappa shape index (κ3) is 2.48. The molecule has 0 atom stereocenters. The Hall–Kier alpha value is -2.77. The number of anilines is 2. The zero-order chi connectivity index (χ0) is 13.0. The van der Waals surface area contributed by atoms with Crippen LogP contribution in [0.3, 0.4) is 0 Å². The van der Waals surface area contributed by atoms with Crippen molar-refractivity contribution in [3.05, 3.63) is 46.5 Å². The fraction of sp³-hybridized carbons (Fsp3) is 0.100. The van der Waals surface area contributed by atoms with Gasteiger partial charge >= 0.3 is 5.69 Å². The van der Waals surface area contributed by atoms with Gasteiger partial charge in [-0.3, -0.25) is 15.1 Å². The highest BCUT2D eigenvalue weighted by molar-refractivity contribution is 5.67. The van der Waals surface area contributed by atoms with E-state index in [9.17, 15) is 10.1 Å². The fourth-order valence-electron chi connectivity index (χ4n) is 1.38. The molecule has 3 N–H and O–H groups in total. The number of hydrogen-bond acceptors (Lipinski definition) is 7. The van der Waals surface area contributed by atoms with E-state index >= 15 is 0 Å². The summed E-state index contributed by atoms with van der Waals surface area (Å²) in [6.45, 7) is 0.318. The van der Waals surface area contributed by atoms with Crippen molar-refractivity contribution in [1.82, 2.24) is 15.0 Å². The Morgan fingerprint density at radius 1 is 1.33 bits per heavy atom. The van der Waals surface area contributed by atoms with Crippen LogP contribution in [0.5, 0.6) is 0 Å². The van der Waals surface area contributed by atoms with E-state index in [1.54, 1.807) is 18.3 Å². The maximum atomic E-state index is 10.8. The number of nitro groups is 1. The summed E-state index contributed by atoms with van der Waals surface area (Å²) < 4.78 is 0.